The van der Waals surface area contributed by atoms with Gasteiger partial charge in [-0.3, -0.25) is 9.78 Å². The minimum Gasteiger partial charge on any atom is -0.339 e. The number of rotatable bonds is 1. The minimum atomic E-state index is -0.626. The highest BCUT2D eigenvalue weighted by Crippen LogP contribution is 2.15. The van der Waals surface area contributed by atoms with E-state index in [2.05, 4.69) is 24.9 Å². The largest absolute Gasteiger partial charge is 0.339 e. The van der Waals surface area contributed by atoms with Crippen LogP contribution in [0.5, 0.6) is 0 Å². The summed E-state index contributed by atoms with van der Waals surface area (Å²) in [7, 11) is 0. The van der Waals surface area contributed by atoms with E-state index in [1.54, 1.807) is 0 Å². The van der Waals surface area contributed by atoms with Crippen LogP contribution in [-0.2, 0) is 0 Å². The Bertz CT molecular complexity index is 1140. The molecule has 0 unspecified atom stereocenters. The van der Waals surface area contributed by atoms with Gasteiger partial charge < -0.3 is 4.98 Å². The Balaban J connectivity index is 2.11. The summed E-state index contributed by atoms with van der Waals surface area (Å²) in [6, 6.07) is 7.42. The summed E-state index contributed by atoms with van der Waals surface area (Å²) in [6.07, 6.45) is 1.35. The molecule has 108 valence electrons. The van der Waals surface area contributed by atoms with Gasteiger partial charge in [-0.1, -0.05) is 18.2 Å². The Labute approximate surface area is 122 Å². The van der Waals surface area contributed by atoms with Crippen LogP contribution in [0.2, 0.25) is 0 Å². The summed E-state index contributed by atoms with van der Waals surface area (Å²) in [5.41, 5.74) is 0.612. The Kier molecular flexibility index (Phi) is 2.46. The second-order valence-corrected chi connectivity index (χ2v) is 4.82. The van der Waals surface area contributed by atoms with Crippen molar-refractivity contribution in [2.45, 2.75) is 6.92 Å². The van der Waals surface area contributed by atoms with Gasteiger partial charge >= 0.3 is 5.69 Å². The lowest BCUT2D eigenvalue weighted by Crippen LogP contribution is -2.35. The Morgan fingerprint density at radius 1 is 1.14 bits per heavy atom. The molecule has 1 aromatic carbocycles. The lowest BCUT2D eigenvalue weighted by Gasteiger charge is -2.06. The molecule has 0 amide bonds. The maximum absolute atomic E-state index is 12.4. The van der Waals surface area contributed by atoms with Gasteiger partial charge in [0, 0.05) is 5.39 Å². The van der Waals surface area contributed by atoms with E-state index in [0.717, 1.165) is 9.95 Å². The van der Waals surface area contributed by atoms with Crippen LogP contribution in [0.1, 0.15) is 5.69 Å². The highest BCUT2D eigenvalue weighted by atomic mass is 16.2. The number of aryl methyl sites for hydroxylation is 1. The number of H-pyrrole nitrogens is 2. The number of hydrogen-bond acceptors (Lipinski definition) is 5. The summed E-state index contributed by atoms with van der Waals surface area (Å²) < 4.78 is 0.903. The van der Waals surface area contributed by atoms with Gasteiger partial charge in [0.25, 0.3) is 5.56 Å². The maximum Gasteiger partial charge on any atom is 0.337 e. The molecule has 0 atom stereocenters. The van der Waals surface area contributed by atoms with E-state index in [1.165, 1.54) is 6.33 Å². The van der Waals surface area contributed by atoms with Crippen LogP contribution in [0.4, 0.5) is 0 Å². The standard InChI is InChI=1S/C14H10N6O2/c1-7-8-4-2-3-5-9(8)18-13(17-7)20-12(21)10-11(16-6-15-10)19-14(20)22/h2-6H,1H3,(H,15,16)(H,19,22). The van der Waals surface area contributed by atoms with Crippen molar-refractivity contribution in [3.63, 3.8) is 0 Å². The number of aromatic amines is 2. The number of para-hydroxylation sites is 1. The van der Waals surface area contributed by atoms with Crippen molar-refractivity contribution in [1.29, 1.82) is 0 Å². The van der Waals surface area contributed by atoms with Gasteiger partial charge in [-0.05, 0) is 13.0 Å². The first-order chi connectivity index (χ1) is 10.6. The molecule has 8 nitrogen and oxygen atoms in total. The van der Waals surface area contributed by atoms with Crippen LogP contribution in [0.25, 0.3) is 28.0 Å². The molecule has 0 aliphatic rings. The zero-order valence-electron chi connectivity index (χ0n) is 11.5. The van der Waals surface area contributed by atoms with Gasteiger partial charge in [0.05, 0.1) is 17.5 Å². The molecular formula is C14H10N6O2. The molecule has 0 saturated carbocycles. The number of fused-ring (bicyclic) bond motifs is 2. The molecule has 0 bridgehead atoms. The lowest BCUT2D eigenvalue weighted by atomic mass is 10.2. The first-order valence-corrected chi connectivity index (χ1v) is 6.57. The third kappa shape index (κ3) is 1.67. The SMILES string of the molecule is Cc1nc(-n2c(=O)[nH]c3nc[nH]c3c2=O)nc2ccccc12. The normalized spacial score (nSPS) is 11.3. The zero-order valence-corrected chi connectivity index (χ0v) is 11.5. The minimum absolute atomic E-state index is 0.0407. The fourth-order valence-electron chi connectivity index (χ4n) is 2.41. The fourth-order valence-corrected chi connectivity index (χ4v) is 2.41. The first kappa shape index (κ1) is 12.5. The molecule has 3 heterocycles. The van der Waals surface area contributed by atoms with Gasteiger partial charge in [0.2, 0.25) is 5.95 Å². The molecule has 0 aliphatic carbocycles. The van der Waals surface area contributed by atoms with Crippen LogP contribution < -0.4 is 11.2 Å². The molecule has 0 saturated heterocycles. The third-order valence-corrected chi connectivity index (χ3v) is 3.47. The molecule has 22 heavy (non-hydrogen) atoms. The predicted molar refractivity (Wildman–Crippen MR) is 80.1 cm³/mol. The topological polar surface area (TPSA) is 109 Å². The van der Waals surface area contributed by atoms with E-state index in [0.29, 0.717) is 11.2 Å². The molecular weight excluding hydrogens is 284 g/mol. The van der Waals surface area contributed by atoms with Gasteiger partial charge in [-0.25, -0.2) is 19.7 Å². The Morgan fingerprint density at radius 2 is 1.95 bits per heavy atom. The van der Waals surface area contributed by atoms with E-state index in [-0.39, 0.29) is 17.1 Å². The molecule has 4 rings (SSSR count). The highest BCUT2D eigenvalue weighted by Gasteiger charge is 2.14. The van der Waals surface area contributed by atoms with Crippen molar-refractivity contribution in [3.8, 4) is 5.95 Å². The van der Waals surface area contributed by atoms with Crippen LogP contribution >= 0.6 is 0 Å². The number of nitrogens with zero attached hydrogens (tertiary/aromatic N) is 4. The molecule has 3 aromatic heterocycles. The smallest absolute Gasteiger partial charge is 0.337 e. The average molecular weight is 294 g/mol. The van der Waals surface area contributed by atoms with E-state index in [1.807, 2.05) is 31.2 Å². The summed E-state index contributed by atoms with van der Waals surface area (Å²) in [6.45, 7) is 1.81. The molecule has 0 fully saturated rings. The van der Waals surface area contributed by atoms with E-state index in [9.17, 15) is 9.59 Å². The molecule has 0 radical (unpaired) electrons. The van der Waals surface area contributed by atoms with Gasteiger partial charge in [-0.2, -0.15) is 4.57 Å². The van der Waals surface area contributed by atoms with Gasteiger partial charge in [0.1, 0.15) is 5.52 Å². The molecule has 0 aliphatic heterocycles. The van der Waals surface area contributed by atoms with Crippen LogP contribution in [0.15, 0.2) is 40.2 Å². The maximum atomic E-state index is 12.4. The van der Waals surface area contributed by atoms with Crippen molar-refractivity contribution < 1.29 is 0 Å². The number of imidazole rings is 1. The van der Waals surface area contributed by atoms with E-state index in [4.69, 9.17) is 0 Å². The lowest BCUT2D eigenvalue weighted by molar-refractivity contribution is 0.828. The van der Waals surface area contributed by atoms with Crippen LogP contribution in [-0.4, -0.2) is 29.5 Å². The predicted octanol–water partition coefficient (Wildman–Crippen LogP) is 0.654. The fraction of sp³-hybridized carbons (Fsp3) is 0.0714. The summed E-state index contributed by atoms with van der Waals surface area (Å²) in [4.78, 5) is 42.3. The second kappa shape index (κ2) is 4.35. The highest BCUT2D eigenvalue weighted by molar-refractivity contribution is 5.81. The summed E-state index contributed by atoms with van der Waals surface area (Å²) in [5, 5.41) is 0.873. The van der Waals surface area contributed by atoms with Crippen molar-refractivity contribution in [3.05, 3.63) is 57.1 Å². The van der Waals surface area contributed by atoms with Gasteiger partial charge in [-0.15, -0.1) is 0 Å². The van der Waals surface area contributed by atoms with Crippen molar-refractivity contribution >= 4 is 22.1 Å². The summed E-state index contributed by atoms with van der Waals surface area (Å²) >= 11 is 0. The van der Waals surface area contributed by atoms with E-state index < -0.39 is 11.2 Å². The van der Waals surface area contributed by atoms with Gasteiger partial charge in [0.15, 0.2) is 5.65 Å². The number of nitrogens with one attached hydrogen (secondary N) is 2. The average Bonchev–Trinajstić information content (AvgIpc) is 2.96. The zero-order chi connectivity index (χ0) is 15.3. The second-order valence-electron chi connectivity index (χ2n) is 4.82. The molecule has 4 aromatic rings. The third-order valence-electron chi connectivity index (χ3n) is 3.47. The molecule has 0 spiro atoms. The van der Waals surface area contributed by atoms with Crippen LogP contribution in [0, 0.1) is 6.92 Å². The van der Waals surface area contributed by atoms with E-state index >= 15 is 0 Å². The quantitative estimate of drug-likeness (QED) is 0.536. The number of hydrogen-bond donors (Lipinski definition) is 2. The number of aromatic nitrogens is 6. The van der Waals surface area contributed by atoms with Crippen molar-refractivity contribution in [2.75, 3.05) is 0 Å². The number of benzene rings is 1. The van der Waals surface area contributed by atoms with Crippen molar-refractivity contribution in [1.82, 2.24) is 29.5 Å². The van der Waals surface area contributed by atoms with Crippen molar-refractivity contribution in [2.24, 2.45) is 0 Å². The Morgan fingerprint density at radius 3 is 2.82 bits per heavy atom. The Hall–Kier alpha value is -3.29. The molecule has 8 heteroatoms. The summed E-state index contributed by atoms with van der Waals surface area (Å²) in [5.74, 6) is 0.0407. The molecule has 2 N–H and O–H groups in total. The monoisotopic (exact) mass is 294 g/mol. The van der Waals surface area contributed by atoms with Crippen LogP contribution in [0.3, 0.4) is 0 Å². The first-order valence-electron chi connectivity index (χ1n) is 6.57.